The molecule has 0 bridgehead atoms. The summed E-state index contributed by atoms with van der Waals surface area (Å²) in [6.45, 7) is 2.49. The fraction of sp³-hybridized carbons (Fsp3) is 0.350. The summed E-state index contributed by atoms with van der Waals surface area (Å²) in [6.07, 6.45) is 0. The molecule has 2 aromatic rings. The highest BCUT2D eigenvalue weighted by Crippen LogP contribution is 2.25. The van der Waals surface area contributed by atoms with Crippen LogP contribution < -0.4 is 0 Å². The second-order valence-electron chi connectivity index (χ2n) is 7.02. The molecule has 29 heavy (non-hydrogen) atoms. The summed E-state index contributed by atoms with van der Waals surface area (Å²) in [5.74, 6) is -0.210. The van der Waals surface area contributed by atoms with Crippen LogP contribution in [0.25, 0.3) is 0 Å². The molecule has 0 radical (unpaired) electrons. The lowest BCUT2D eigenvalue weighted by atomic mass is 10.2. The van der Waals surface area contributed by atoms with Crippen LogP contribution in [-0.2, 0) is 21.4 Å². The van der Waals surface area contributed by atoms with Gasteiger partial charge in [0.05, 0.1) is 21.5 Å². The number of sulfonamides is 1. The monoisotopic (exact) mass is 455 g/mol. The van der Waals surface area contributed by atoms with Crippen molar-refractivity contribution in [1.29, 1.82) is 0 Å². The summed E-state index contributed by atoms with van der Waals surface area (Å²) in [5.41, 5.74) is 0.657. The molecular weight excluding hydrogens is 433 g/mol. The first-order valence-electron chi connectivity index (χ1n) is 9.23. The van der Waals surface area contributed by atoms with Crippen molar-refractivity contribution in [1.82, 2.24) is 14.1 Å². The molecule has 9 heteroatoms. The van der Waals surface area contributed by atoms with Crippen molar-refractivity contribution < 1.29 is 13.2 Å². The maximum Gasteiger partial charge on any atom is 0.243 e. The van der Waals surface area contributed by atoms with Crippen molar-refractivity contribution in [2.75, 3.05) is 39.8 Å². The Morgan fingerprint density at radius 1 is 1.00 bits per heavy atom. The lowest BCUT2D eigenvalue weighted by Gasteiger charge is -2.33. The number of hydrogen-bond acceptors (Lipinski definition) is 4. The third-order valence-corrected chi connectivity index (χ3v) is 7.44. The smallest absolute Gasteiger partial charge is 0.243 e. The zero-order chi connectivity index (χ0) is 21.0. The Morgan fingerprint density at radius 3 is 2.28 bits per heavy atom. The maximum atomic E-state index is 13.2. The third-order valence-electron chi connectivity index (χ3n) is 4.89. The summed E-state index contributed by atoms with van der Waals surface area (Å²) < 4.78 is 27.7. The van der Waals surface area contributed by atoms with Gasteiger partial charge in [-0.25, -0.2) is 8.42 Å². The number of amides is 1. The summed E-state index contributed by atoms with van der Waals surface area (Å²) in [6, 6.07) is 13.1. The Hall–Kier alpha value is -1.64. The molecule has 1 saturated heterocycles. The number of benzene rings is 2. The zero-order valence-electron chi connectivity index (χ0n) is 16.1. The van der Waals surface area contributed by atoms with Gasteiger partial charge in [0.2, 0.25) is 15.9 Å². The second kappa shape index (κ2) is 9.45. The van der Waals surface area contributed by atoms with Gasteiger partial charge in [0.15, 0.2) is 0 Å². The summed E-state index contributed by atoms with van der Waals surface area (Å²) in [7, 11) is -1.87. The number of nitrogens with zero attached hydrogens (tertiary/aromatic N) is 3. The molecule has 0 aliphatic carbocycles. The van der Waals surface area contributed by atoms with E-state index in [0.717, 1.165) is 13.1 Å². The van der Waals surface area contributed by atoms with Crippen LogP contribution in [-0.4, -0.2) is 68.2 Å². The molecule has 0 atom stereocenters. The number of likely N-dealkylation sites (N-methyl/N-ethyl adjacent to an activating group) is 1. The standard InChI is InChI=1S/C20H23Cl2N3O3S/c1-23-9-11-24(12-10-23)20(26)15-25(14-16-7-8-18(21)19(22)13-16)29(27,28)17-5-3-2-4-6-17/h2-8,13H,9-12,14-15H2,1H3. The molecule has 2 aromatic carbocycles. The van der Waals surface area contributed by atoms with Gasteiger partial charge in [0, 0.05) is 32.7 Å². The van der Waals surface area contributed by atoms with E-state index in [1.54, 1.807) is 41.3 Å². The van der Waals surface area contributed by atoms with Crippen LogP contribution in [0.2, 0.25) is 10.0 Å². The second-order valence-corrected chi connectivity index (χ2v) is 9.77. The Balaban J connectivity index is 1.86. The van der Waals surface area contributed by atoms with Gasteiger partial charge in [-0.05, 0) is 36.9 Å². The zero-order valence-corrected chi connectivity index (χ0v) is 18.4. The van der Waals surface area contributed by atoms with E-state index in [1.807, 2.05) is 7.05 Å². The Bertz CT molecular complexity index is 962. The van der Waals surface area contributed by atoms with Gasteiger partial charge in [-0.3, -0.25) is 4.79 Å². The molecule has 0 unspecified atom stereocenters. The van der Waals surface area contributed by atoms with Crippen LogP contribution in [0.3, 0.4) is 0 Å². The van der Waals surface area contributed by atoms with E-state index in [0.29, 0.717) is 28.7 Å². The minimum atomic E-state index is -3.87. The molecule has 0 N–H and O–H groups in total. The summed E-state index contributed by atoms with van der Waals surface area (Å²) in [5, 5.41) is 0.730. The van der Waals surface area contributed by atoms with Crippen LogP contribution in [0, 0.1) is 0 Å². The minimum Gasteiger partial charge on any atom is -0.339 e. The van der Waals surface area contributed by atoms with Gasteiger partial charge in [-0.1, -0.05) is 47.5 Å². The van der Waals surface area contributed by atoms with Crippen molar-refractivity contribution in [2.24, 2.45) is 0 Å². The predicted molar refractivity (Wildman–Crippen MR) is 115 cm³/mol. The van der Waals surface area contributed by atoms with Crippen molar-refractivity contribution in [3.63, 3.8) is 0 Å². The van der Waals surface area contributed by atoms with Crippen molar-refractivity contribution >= 4 is 39.1 Å². The van der Waals surface area contributed by atoms with E-state index in [-0.39, 0.29) is 23.9 Å². The van der Waals surface area contributed by atoms with E-state index in [4.69, 9.17) is 23.2 Å². The Labute approximate surface area is 181 Å². The maximum absolute atomic E-state index is 13.2. The fourth-order valence-electron chi connectivity index (χ4n) is 3.12. The molecule has 1 fully saturated rings. The molecule has 1 aliphatic heterocycles. The van der Waals surface area contributed by atoms with E-state index in [1.165, 1.54) is 16.4 Å². The molecule has 0 aromatic heterocycles. The van der Waals surface area contributed by atoms with E-state index in [2.05, 4.69) is 4.90 Å². The lowest BCUT2D eigenvalue weighted by molar-refractivity contribution is -0.133. The summed E-state index contributed by atoms with van der Waals surface area (Å²) in [4.78, 5) is 16.9. The van der Waals surface area contributed by atoms with Crippen LogP contribution in [0.1, 0.15) is 5.56 Å². The number of rotatable bonds is 6. The van der Waals surface area contributed by atoms with Gasteiger partial charge in [0.1, 0.15) is 0 Å². The Kier molecular flexibility index (Phi) is 7.19. The average molecular weight is 456 g/mol. The molecule has 6 nitrogen and oxygen atoms in total. The van der Waals surface area contributed by atoms with E-state index < -0.39 is 10.0 Å². The first kappa shape index (κ1) is 22.1. The number of hydrogen-bond donors (Lipinski definition) is 0. The largest absolute Gasteiger partial charge is 0.339 e. The minimum absolute atomic E-state index is 0.0214. The van der Waals surface area contributed by atoms with Crippen LogP contribution in [0.5, 0.6) is 0 Å². The van der Waals surface area contributed by atoms with Gasteiger partial charge in [-0.15, -0.1) is 0 Å². The van der Waals surface area contributed by atoms with E-state index >= 15 is 0 Å². The highest BCUT2D eigenvalue weighted by molar-refractivity contribution is 7.89. The Morgan fingerprint density at radius 2 is 1.66 bits per heavy atom. The summed E-state index contributed by atoms with van der Waals surface area (Å²) >= 11 is 12.1. The predicted octanol–water partition coefficient (Wildman–Crippen LogP) is 2.96. The third kappa shape index (κ3) is 5.49. The van der Waals surface area contributed by atoms with E-state index in [9.17, 15) is 13.2 Å². The number of halogens is 2. The average Bonchev–Trinajstić information content (AvgIpc) is 2.71. The molecule has 1 heterocycles. The van der Waals surface area contributed by atoms with Crippen LogP contribution in [0.15, 0.2) is 53.4 Å². The molecule has 1 amide bonds. The van der Waals surface area contributed by atoms with Crippen LogP contribution >= 0.6 is 23.2 Å². The van der Waals surface area contributed by atoms with Crippen molar-refractivity contribution in [3.8, 4) is 0 Å². The van der Waals surface area contributed by atoms with Crippen LogP contribution in [0.4, 0.5) is 0 Å². The number of carbonyl (C=O) groups excluding carboxylic acids is 1. The molecule has 3 rings (SSSR count). The number of carbonyl (C=O) groups is 1. The first-order chi connectivity index (χ1) is 13.8. The molecule has 0 spiro atoms. The molecule has 1 aliphatic rings. The van der Waals surface area contributed by atoms with Gasteiger partial charge in [-0.2, -0.15) is 4.31 Å². The quantitative estimate of drug-likeness (QED) is 0.671. The van der Waals surface area contributed by atoms with Crippen molar-refractivity contribution in [3.05, 3.63) is 64.1 Å². The molecule has 0 saturated carbocycles. The SMILES string of the molecule is CN1CCN(C(=O)CN(Cc2ccc(Cl)c(Cl)c2)S(=O)(=O)c2ccccc2)CC1. The first-order valence-corrected chi connectivity index (χ1v) is 11.4. The van der Waals surface area contributed by atoms with Gasteiger partial charge >= 0.3 is 0 Å². The molecule has 156 valence electrons. The normalized spacial score (nSPS) is 15.7. The highest BCUT2D eigenvalue weighted by Gasteiger charge is 2.29. The lowest BCUT2D eigenvalue weighted by Crippen LogP contribution is -2.50. The topological polar surface area (TPSA) is 60.9 Å². The van der Waals surface area contributed by atoms with Gasteiger partial charge in [0.25, 0.3) is 0 Å². The number of piperazine rings is 1. The fourth-order valence-corrected chi connectivity index (χ4v) is 4.84. The van der Waals surface area contributed by atoms with Crippen molar-refractivity contribution in [2.45, 2.75) is 11.4 Å². The van der Waals surface area contributed by atoms with Gasteiger partial charge < -0.3 is 9.80 Å². The highest BCUT2D eigenvalue weighted by atomic mass is 35.5. The molecular formula is C20H23Cl2N3O3S.